The second-order valence-electron chi connectivity index (χ2n) is 3.96. The molecule has 2 heteroatoms. The zero-order valence-electron chi connectivity index (χ0n) is 6.75. The van der Waals surface area contributed by atoms with Crippen molar-refractivity contribution in [2.24, 2.45) is 17.6 Å². The van der Waals surface area contributed by atoms with Gasteiger partial charge >= 0.3 is 0 Å². The Morgan fingerprint density at radius 1 is 1.36 bits per heavy atom. The molecule has 0 bridgehead atoms. The van der Waals surface area contributed by atoms with Crippen LogP contribution in [0.2, 0.25) is 0 Å². The van der Waals surface area contributed by atoms with Gasteiger partial charge < -0.3 is 5.73 Å². The fourth-order valence-electron chi connectivity index (χ4n) is 1.50. The number of hydrogen-bond acceptors (Lipinski definition) is 2. The lowest BCUT2D eigenvalue weighted by Gasteiger charge is -2.07. The Balaban J connectivity index is 1.76. The minimum Gasteiger partial charge on any atom is -0.321 e. The molecule has 0 amide bonds. The molecule has 0 aliphatic heterocycles. The Hall–Kier alpha value is -0.370. The largest absolute Gasteiger partial charge is 0.321 e. The van der Waals surface area contributed by atoms with Crippen molar-refractivity contribution in [2.75, 3.05) is 0 Å². The van der Waals surface area contributed by atoms with Crippen molar-refractivity contribution in [2.45, 2.75) is 38.1 Å². The summed E-state index contributed by atoms with van der Waals surface area (Å²) in [5.74, 6) is 1.47. The molecule has 62 valence electrons. The van der Waals surface area contributed by atoms with Gasteiger partial charge in [0.1, 0.15) is 0 Å². The lowest BCUT2D eigenvalue weighted by atomic mass is 10.0. The van der Waals surface area contributed by atoms with Crippen LogP contribution in [-0.2, 0) is 4.79 Å². The molecule has 1 unspecified atom stereocenters. The van der Waals surface area contributed by atoms with Crippen LogP contribution in [0.1, 0.15) is 32.1 Å². The molecule has 0 aromatic rings. The monoisotopic (exact) mass is 153 g/mol. The van der Waals surface area contributed by atoms with Gasteiger partial charge in [-0.2, -0.15) is 0 Å². The van der Waals surface area contributed by atoms with E-state index in [1.807, 2.05) is 0 Å². The van der Waals surface area contributed by atoms with Gasteiger partial charge in [-0.05, 0) is 25.2 Å². The summed E-state index contributed by atoms with van der Waals surface area (Å²) in [5.41, 5.74) is 5.75. The third kappa shape index (κ3) is 1.80. The molecule has 2 rings (SSSR count). The number of carbonyl (C=O) groups excluding carboxylic acids is 1. The van der Waals surface area contributed by atoms with Crippen LogP contribution >= 0.6 is 0 Å². The van der Waals surface area contributed by atoms with Crippen molar-refractivity contribution in [3.8, 4) is 0 Å². The van der Waals surface area contributed by atoms with Gasteiger partial charge in [0.2, 0.25) is 0 Å². The summed E-state index contributed by atoms with van der Waals surface area (Å²) in [5, 5.41) is 0. The molecule has 2 aliphatic carbocycles. The van der Waals surface area contributed by atoms with Crippen molar-refractivity contribution < 1.29 is 4.79 Å². The molecule has 0 spiro atoms. The quantitative estimate of drug-likeness (QED) is 0.657. The van der Waals surface area contributed by atoms with Gasteiger partial charge in [0, 0.05) is 5.92 Å². The smallest absolute Gasteiger partial charge is 0.152 e. The third-order valence-electron chi connectivity index (χ3n) is 2.63. The molecule has 0 aromatic carbocycles. The van der Waals surface area contributed by atoms with Gasteiger partial charge in [-0.1, -0.05) is 12.8 Å². The highest BCUT2D eigenvalue weighted by Gasteiger charge is 2.35. The van der Waals surface area contributed by atoms with Crippen LogP contribution in [0.3, 0.4) is 0 Å². The van der Waals surface area contributed by atoms with E-state index in [1.54, 1.807) is 0 Å². The zero-order valence-corrected chi connectivity index (χ0v) is 6.75. The molecule has 11 heavy (non-hydrogen) atoms. The van der Waals surface area contributed by atoms with Crippen molar-refractivity contribution in [1.82, 2.24) is 0 Å². The molecular formula is C9H15NO. The molecule has 2 saturated carbocycles. The molecular weight excluding hydrogens is 138 g/mol. The summed E-state index contributed by atoms with van der Waals surface area (Å²) in [6, 6.07) is -0.130. The molecule has 2 fully saturated rings. The Labute approximate surface area is 67.1 Å². The first kappa shape index (κ1) is 7.29. The molecule has 0 aromatic heterocycles. The number of hydrogen-bond donors (Lipinski definition) is 1. The van der Waals surface area contributed by atoms with Gasteiger partial charge in [0.15, 0.2) is 5.78 Å². The number of ketones is 1. The molecule has 1 atom stereocenters. The molecule has 0 heterocycles. The molecule has 2 aliphatic rings. The van der Waals surface area contributed by atoms with E-state index in [0.717, 1.165) is 25.2 Å². The topological polar surface area (TPSA) is 43.1 Å². The fraction of sp³-hybridized carbons (Fsp3) is 0.889. The predicted molar refractivity (Wildman–Crippen MR) is 43.0 cm³/mol. The van der Waals surface area contributed by atoms with E-state index in [9.17, 15) is 4.79 Å². The van der Waals surface area contributed by atoms with Crippen molar-refractivity contribution in [3.05, 3.63) is 0 Å². The predicted octanol–water partition coefficient (Wildman–Crippen LogP) is 1.09. The lowest BCUT2D eigenvalue weighted by Crippen LogP contribution is -2.32. The number of nitrogens with two attached hydrogens (primary N) is 1. The molecule has 0 saturated heterocycles. The zero-order chi connectivity index (χ0) is 7.84. The first-order valence-electron chi connectivity index (χ1n) is 4.56. The summed E-state index contributed by atoms with van der Waals surface area (Å²) >= 11 is 0. The van der Waals surface area contributed by atoms with Crippen LogP contribution in [-0.4, -0.2) is 11.8 Å². The maximum Gasteiger partial charge on any atom is 0.152 e. The number of rotatable bonds is 4. The summed E-state index contributed by atoms with van der Waals surface area (Å²) in [6.45, 7) is 0. The van der Waals surface area contributed by atoms with Gasteiger partial charge in [-0.25, -0.2) is 0 Å². The summed E-state index contributed by atoms with van der Waals surface area (Å²) in [7, 11) is 0. The summed E-state index contributed by atoms with van der Waals surface area (Å²) in [4.78, 5) is 11.3. The summed E-state index contributed by atoms with van der Waals surface area (Å²) < 4.78 is 0. The maximum absolute atomic E-state index is 11.3. The van der Waals surface area contributed by atoms with Crippen molar-refractivity contribution in [3.63, 3.8) is 0 Å². The van der Waals surface area contributed by atoms with Crippen molar-refractivity contribution >= 4 is 5.78 Å². The van der Waals surface area contributed by atoms with E-state index in [2.05, 4.69) is 0 Å². The van der Waals surface area contributed by atoms with E-state index in [1.165, 1.54) is 12.8 Å². The van der Waals surface area contributed by atoms with E-state index >= 15 is 0 Å². The molecule has 2 N–H and O–H groups in total. The van der Waals surface area contributed by atoms with Crippen LogP contribution in [0.4, 0.5) is 0 Å². The van der Waals surface area contributed by atoms with Crippen LogP contribution in [0.25, 0.3) is 0 Å². The first-order valence-corrected chi connectivity index (χ1v) is 4.56. The van der Waals surface area contributed by atoms with Crippen LogP contribution in [0, 0.1) is 11.8 Å². The Morgan fingerprint density at radius 3 is 2.45 bits per heavy atom. The number of carbonyl (C=O) groups is 1. The van der Waals surface area contributed by atoms with Gasteiger partial charge in [0.05, 0.1) is 6.04 Å². The number of Topliss-reactive ketones (excluding diaryl/α,β-unsaturated/α-hetero) is 1. The van der Waals surface area contributed by atoms with Crippen LogP contribution < -0.4 is 5.73 Å². The molecule has 2 nitrogen and oxygen atoms in total. The van der Waals surface area contributed by atoms with E-state index in [4.69, 9.17) is 5.73 Å². The Bertz CT molecular complexity index is 170. The molecule has 0 radical (unpaired) electrons. The highest BCUT2D eigenvalue weighted by Crippen LogP contribution is 2.36. The van der Waals surface area contributed by atoms with Crippen LogP contribution in [0.15, 0.2) is 0 Å². The first-order chi connectivity index (χ1) is 5.27. The lowest BCUT2D eigenvalue weighted by molar-refractivity contribution is -0.121. The second-order valence-corrected chi connectivity index (χ2v) is 3.96. The fourth-order valence-corrected chi connectivity index (χ4v) is 1.50. The second kappa shape index (κ2) is 2.59. The average molecular weight is 153 g/mol. The van der Waals surface area contributed by atoms with Gasteiger partial charge in [-0.3, -0.25) is 4.79 Å². The standard InChI is InChI=1S/C9H15NO/c10-8(5-6-1-2-6)9(11)7-3-4-7/h6-8H,1-5,10H2. The minimum absolute atomic E-state index is 0.130. The summed E-state index contributed by atoms with van der Waals surface area (Å²) in [6.07, 6.45) is 5.74. The highest BCUT2D eigenvalue weighted by molar-refractivity contribution is 5.87. The van der Waals surface area contributed by atoms with E-state index < -0.39 is 0 Å². The van der Waals surface area contributed by atoms with Crippen LogP contribution in [0.5, 0.6) is 0 Å². The Morgan fingerprint density at radius 2 is 2.00 bits per heavy atom. The SMILES string of the molecule is NC(CC1CC1)C(=O)C1CC1. The van der Waals surface area contributed by atoms with Crippen molar-refractivity contribution in [1.29, 1.82) is 0 Å². The Kier molecular flexibility index (Phi) is 1.72. The highest BCUT2D eigenvalue weighted by atomic mass is 16.1. The average Bonchev–Trinajstić information content (AvgIpc) is 2.81. The van der Waals surface area contributed by atoms with Gasteiger partial charge in [0.25, 0.3) is 0 Å². The third-order valence-corrected chi connectivity index (χ3v) is 2.63. The van der Waals surface area contributed by atoms with E-state index in [-0.39, 0.29) is 6.04 Å². The minimum atomic E-state index is -0.130. The van der Waals surface area contributed by atoms with Gasteiger partial charge in [-0.15, -0.1) is 0 Å². The van der Waals surface area contributed by atoms with E-state index in [0.29, 0.717) is 11.7 Å². The maximum atomic E-state index is 11.3. The normalized spacial score (nSPS) is 26.6.